The van der Waals surface area contributed by atoms with E-state index >= 15 is 0 Å². The van der Waals surface area contributed by atoms with Gasteiger partial charge in [0.05, 0.1) is 17.2 Å². The smallest absolute Gasteiger partial charge is 0.311 e. The van der Waals surface area contributed by atoms with Gasteiger partial charge in [0.25, 0.3) is 0 Å². The predicted octanol–water partition coefficient (Wildman–Crippen LogP) is 0.355. The van der Waals surface area contributed by atoms with E-state index < -0.39 is 4.92 Å². The molecule has 0 spiro atoms. The Morgan fingerprint density at radius 1 is 1.44 bits per heavy atom. The molecule has 8 heteroatoms. The van der Waals surface area contributed by atoms with E-state index in [0.29, 0.717) is 24.3 Å². The standard InChI is InChI=1S/C10H11N5O3/c11-10(12)14-13-7-4-5-18-9-6(7)2-1-3-8(9)15(16)17/h1-3H,4-5H2,(H4,11,12,14)/b13-7-. The molecule has 0 bridgehead atoms. The van der Waals surface area contributed by atoms with Crippen LogP contribution in [0.1, 0.15) is 12.0 Å². The van der Waals surface area contributed by atoms with Crippen molar-refractivity contribution in [1.82, 2.24) is 0 Å². The second-order valence-corrected chi connectivity index (χ2v) is 3.58. The van der Waals surface area contributed by atoms with Gasteiger partial charge in [-0.1, -0.05) is 6.07 Å². The van der Waals surface area contributed by atoms with Gasteiger partial charge in [-0.3, -0.25) is 10.1 Å². The van der Waals surface area contributed by atoms with Crippen molar-refractivity contribution in [3.63, 3.8) is 0 Å². The van der Waals surface area contributed by atoms with E-state index in [9.17, 15) is 10.1 Å². The lowest BCUT2D eigenvalue weighted by atomic mass is 10.0. The first kappa shape index (κ1) is 11.8. The van der Waals surface area contributed by atoms with Crippen LogP contribution in [0.2, 0.25) is 0 Å². The Balaban J connectivity index is 2.51. The van der Waals surface area contributed by atoms with E-state index in [0.717, 1.165) is 0 Å². The summed E-state index contributed by atoms with van der Waals surface area (Å²) < 4.78 is 5.32. The van der Waals surface area contributed by atoms with Crippen molar-refractivity contribution in [1.29, 1.82) is 0 Å². The van der Waals surface area contributed by atoms with Gasteiger partial charge in [0.15, 0.2) is 0 Å². The first-order valence-electron chi connectivity index (χ1n) is 5.15. The van der Waals surface area contributed by atoms with E-state index in [1.165, 1.54) is 6.07 Å². The highest BCUT2D eigenvalue weighted by Crippen LogP contribution is 2.34. The molecule has 1 aliphatic rings. The summed E-state index contributed by atoms with van der Waals surface area (Å²) in [5, 5.41) is 18.3. The highest BCUT2D eigenvalue weighted by atomic mass is 16.6. The summed E-state index contributed by atoms with van der Waals surface area (Å²) in [4.78, 5) is 10.4. The van der Waals surface area contributed by atoms with Crippen molar-refractivity contribution < 1.29 is 9.66 Å². The fraction of sp³-hybridized carbons (Fsp3) is 0.200. The molecular formula is C10H11N5O3. The molecule has 1 aromatic carbocycles. The molecule has 2 rings (SSSR count). The number of fused-ring (bicyclic) bond motifs is 1. The van der Waals surface area contributed by atoms with Gasteiger partial charge in [-0.2, -0.15) is 5.10 Å². The zero-order valence-electron chi connectivity index (χ0n) is 9.37. The molecule has 1 aromatic rings. The summed E-state index contributed by atoms with van der Waals surface area (Å²) in [6, 6.07) is 4.63. The molecule has 1 heterocycles. The van der Waals surface area contributed by atoms with Crippen molar-refractivity contribution in [2.75, 3.05) is 6.61 Å². The summed E-state index contributed by atoms with van der Waals surface area (Å²) >= 11 is 0. The SMILES string of the molecule is NC(N)=N/N=C1/CCOc2c1cccc2[N+](=O)[O-]. The predicted molar refractivity (Wildman–Crippen MR) is 65.6 cm³/mol. The number of benzene rings is 1. The highest BCUT2D eigenvalue weighted by Gasteiger charge is 2.25. The maximum atomic E-state index is 10.9. The average molecular weight is 249 g/mol. The molecular weight excluding hydrogens is 238 g/mol. The lowest BCUT2D eigenvalue weighted by molar-refractivity contribution is -0.385. The Morgan fingerprint density at radius 2 is 2.22 bits per heavy atom. The van der Waals surface area contributed by atoms with Gasteiger partial charge in [-0.25, -0.2) is 0 Å². The van der Waals surface area contributed by atoms with Crippen LogP contribution in [0.4, 0.5) is 5.69 Å². The highest BCUT2D eigenvalue weighted by molar-refractivity contribution is 6.05. The topological polar surface area (TPSA) is 129 Å². The minimum Gasteiger partial charge on any atom is -0.486 e. The Morgan fingerprint density at radius 3 is 2.89 bits per heavy atom. The minimum atomic E-state index is -0.498. The number of hydrogen-bond donors (Lipinski definition) is 2. The molecule has 0 radical (unpaired) electrons. The number of nitrogens with zero attached hydrogens (tertiary/aromatic N) is 3. The van der Waals surface area contributed by atoms with Gasteiger partial charge in [0, 0.05) is 18.1 Å². The Labute approximate surface area is 102 Å². The van der Waals surface area contributed by atoms with Crippen LogP contribution < -0.4 is 16.2 Å². The first-order chi connectivity index (χ1) is 8.59. The van der Waals surface area contributed by atoms with Gasteiger partial charge >= 0.3 is 5.69 Å². The summed E-state index contributed by atoms with van der Waals surface area (Å²) in [6.45, 7) is 0.302. The zero-order chi connectivity index (χ0) is 13.1. The molecule has 0 unspecified atom stereocenters. The van der Waals surface area contributed by atoms with Crippen molar-refractivity contribution in [3.8, 4) is 5.75 Å². The molecule has 0 saturated heterocycles. The van der Waals surface area contributed by atoms with Crippen LogP contribution in [0.3, 0.4) is 0 Å². The second-order valence-electron chi connectivity index (χ2n) is 3.58. The van der Waals surface area contributed by atoms with E-state index in [2.05, 4.69) is 10.2 Å². The Bertz CT molecular complexity index is 548. The number of nitro groups is 1. The summed E-state index contributed by atoms with van der Waals surface area (Å²) in [6.07, 6.45) is 0.491. The largest absolute Gasteiger partial charge is 0.486 e. The molecule has 0 saturated carbocycles. The van der Waals surface area contributed by atoms with Crippen molar-refractivity contribution in [2.45, 2.75) is 6.42 Å². The molecule has 0 amide bonds. The molecule has 0 aliphatic carbocycles. The van der Waals surface area contributed by atoms with E-state index in [1.54, 1.807) is 12.1 Å². The fourth-order valence-electron chi connectivity index (χ4n) is 1.65. The van der Waals surface area contributed by atoms with Gasteiger partial charge in [-0.15, -0.1) is 5.10 Å². The number of para-hydroxylation sites is 1. The first-order valence-corrected chi connectivity index (χ1v) is 5.15. The molecule has 0 aromatic heterocycles. The average Bonchev–Trinajstić information content (AvgIpc) is 2.35. The monoisotopic (exact) mass is 249 g/mol. The zero-order valence-corrected chi connectivity index (χ0v) is 9.37. The lowest BCUT2D eigenvalue weighted by Crippen LogP contribution is -2.23. The Hall–Kier alpha value is -2.64. The van der Waals surface area contributed by atoms with Gasteiger partial charge in [0.1, 0.15) is 0 Å². The van der Waals surface area contributed by atoms with Crippen LogP contribution in [0.25, 0.3) is 0 Å². The number of guanidine groups is 1. The molecule has 4 N–H and O–H groups in total. The van der Waals surface area contributed by atoms with E-state index in [1.807, 2.05) is 0 Å². The molecule has 94 valence electrons. The maximum absolute atomic E-state index is 10.9. The normalized spacial score (nSPS) is 15.7. The van der Waals surface area contributed by atoms with E-state index in [-0.39, 0.29) is 17.4 Å². The fourth-order valence-corrected chi connectivity index (χ4v) is 1.65. The summed E-state index contributed by atoms with van der Waals surface area (Å²) in [7, 11) is 0. The van der Waals surface area contributed by atoms with E-state index in [4.69, 9.17) is 16.2 Å². The third-order valence-electron chi connectivity index (χ3n) is 2.37. The maximum Gasteiger partial charge on any atom is 0.311 e. The Kier molecular flexibility index (Phi) is 3.09. The van der Waals surface area contributed by atoms with Crippen LogP contribution in [0, 0.1) is 10.1 Å². The van der Waals surface area contributed by atoms with Gasteiger partial charge < -0.3 is 16.2 Å². The molecule has 8 nitrogen and oxygen atoms in total. The van der Waals surface area contributed by atoms with Gasteiger partial charge in [0.2, 0.25) is 11.7 Å². The van der Waals surface area contributed by atoms with Crippen LogP contribution in [-0.4, -0.2) is 23.2 Å². The van der Waals surface area contributed by atoms with Crippen molar-refractivity contribution in [3.05, 3.63) is 33.9 Å². The minimum absolute atomic E-state index is 0.0930. The number of rotatable bonds is 2. The quantitative estimate of drug-likeness (QED) is 0.338. The number of hydrogen-bond acceptors (Lipinski definition) is 5. The van der Waals surface area contributed by atoms with Crippen LogP contribution in [-0.2, 0) is 0 Å². The lowest BCUT2D eigenvalue weighted by Gasteiger charge is -2.17. The molecule has 1 aliphatic heterocycles. The third-order valence-corrected chi connectivity index (χ3v) is 2.37. The molecule has 0 fully saturated rings. The van der Waals surface area contributed by atoms with Crippen LogP contribution in [0.15, 0.2) is 28.4 Å². The molecule has 18 heavy (non-hydrogen) atoms. The molecule has 0 atom stereocenters. The van der Waals surface area contributed by atoms with Gasteiger partial charge in [-0.05, 0) is 6.07 Å². The third kappa shape index (κ3) is 2.21. The summed E-state index contributed by atoms with van der Waals surface area (Å²) in [5.74, 6) is 0.0410. The van der Waals surface area contributed by atoms with Crippen molar-refractivity contribution >= 4 is 17.4 Å². The van der Waals surface area contributed by atoms with Crippen LogP contribution in [0.5, 0.6) is 5.75 Å². The number of nitrogens with two attached hydrogens (primary N) is 2. The summed E-state index contributed by atoms with van der Waals surface area (Å²) in [5.41, 5.74) is 11.4. The number of nitro benzene ring substituents is 1. The number of ether oxygens (including phenoxy) is 1. The van der Waals surface area contributed by atoms with Crippen molar-refractivity contribution in [2.24, 2.45) is 21.7 Å². The van der Waals surface area contributed by atoms with Crippen LogP contribution >= 0.6 is 0 Å². The second kappa shape index (κ2) is 4.70.